The first-order valence-corrected chi connectivity index (χ1v) is 6.59. The van der Waals surface area contributed by atoms with Crippen LogP contribution >= 0.6 is 0 Å². The van der Waals surface area contributed by atoms with E-state index >= 15 is 0 Å². The van der Waals surface area contributed by atoms with E-state index in [1.165, 1.54) is 31.2 Å². The highest BCUT2D eigenvalue weighted by Crippen LogP contribution is 2.34. The van der Waals surface area contributed by atoms with Gasteiger partial charge in [-0.3, -0.25) is 0 Å². The zero-order valence-electron chi connectivity index (χ0n) is 10.4. The molecule has 0 heterocycles. The van der Waals surface area contributed by atoms with Crippen molar-refractivity contribution < 1.29 is 0 Å². The average Bonchev–Trinajstić information content (AvgIpc) is 3.13. The minimum atomic E-state index is 0.648. The van der Waals surface area contributed by atoms with Crippen molar-refractivity contribution in [2.75, 3.05) is 0 Å². The third-order valence-corrected chi connectivity index (χ3v) is 3.60. The lowest BCUT2D eigenvalue weighted by Gasteiger charge is -2.22. The van der Waals surface area contributed by atoms with E-state index in [-0.39, 0.29) is 0 Å². The van der Waals surface area contributed by atoms with Gasteiger partial charge in [-0.2, -0.15) is 0 Å². The molecule has 0 saturated heterocycles. The fraction of sp³-hybridized carbons (Fsp3) is 0.600. The maximum absolute atomic E-state index is 3.78. The summed E-state index contributed by atoms with van der Waals surface area (Å²) in [5, 5.41) is 3.78. The summed E-state index contributed by atoms with van der Waals surface area (Å²) in [6.07, 6.45) is 5.25. The molecule has 0 aromatic heterocycles. The first-order chi connectivity index (χ1) is 7.79. The van der Waals surface area contributed by atoms with Gasteiger partial charge in [-0.1, -0.05) is 37.3 Å². The summed E-state index contributed by atoms with van der Waals surface area (Å²) in [7, 11) is 0. The van der Waals surface area contributed by atoms with Gasteiger partial charge in [0.15, 0.2) is 0 Å². The van der Waals surface area contributed by atoms with E-state index in [2.05, 4.69) is 49.5 Å². The van der Waals surface area contributed by atoms with Crippen molar-refractivity contribution in [1.82, 2.24) is 5.32 Å². The molecule has 1 saturated carbocycles. The highest BCUT2D eigenvalue weighted by molar-refractivity contribution is 5.16. The van der Waals surface area contributed by atoms with Gasteiger partial charge in [0.2, 0.25) is 0 Å². The molecule has 16 heavy (non-hydrogen) atoms. The van der Waals surface area contributed by atoms with Crippen LogP contribution < -0.4 is 5.32 Å². The molecule has 1 fully saturated rings. The largest absolute Gasteiger partial charge is 0.311 e. The Kier molecular flexibility index (Phi) is 4.00. The lowest BCUT2D eigenvalue weighted by Crippen LogP contribution is -2.39. The predicted octanol–water partition coefficient (Wildman–Crippen LogP) is 3.40. The third-order valence-electron chi connectivity index (χ3n) is 3.60. The summed E-state index contributed by atoms with van der Waals surface area (Å²) in [5.74, 6) is 0.925. The Morgan fingerprint density at radius 3 is 2.50 bits per heavy atom. The lowest BCUT2D eigenvalue weighted by molar-refractivity contribution is 0.399. The molecule has 88 valence electrons. The van der Waals surface area contributed by atoms with E-state index in [0.717, 1.165) is 5.92 Å². The smallest absolute Gasteiger partial charge is 0.0138 e. The van der Waals surface area contributed by atoms with Crippen molar-refractivity contribution in [3.05, 3.63) is 35.9 Å². The molecule has 0 bridgehead atoms. The van der Waals surface area contributed by atoms with Crippen molar-refractivity contribution in [2.24, 2.45) is 5.92 Å². The summed E-state index contributed by atoms with van der Waals surface area (Å²) < 4.78 is 0. The van der Waals surface area contributed by atoms with Gasteiger partial charge < -0.3 is 5.32 Å². The van der Waals surface area contributed by atoms with Crippen LogP contribution in [0.1, 0.15) is 38.7 Å². The molecule has 1 nitrogen and oxygen atoms in total. The van der Waals surface area contributed by atoms with Crippen LogP contribution in [0.5, 0.6) is 0 Å². The van der Waals surface area contributed by atoms with E-state index in [1.807, 2.05) is 0 Å². The van der Waals surface area contributed by atoms with Gasteiger partial charge in [0, 0.05) is 12.1 Å². The summed E-state index contributed by atoms with van der Waals surface area (Å²) >= 11 is 0. The van der Waals surface area contributed by atoms with Crippen molar-refractivity contribution in [3.63, 3.8) is 0 Å². The number of rotatable bonds is 6. The van der Waals surface area contributed by atoms with E-state index in [1.54, 1.807) is 0 Å². The lowest BCUT2D eigenvalue weighted by atomic mass is 10.0. The van der Waals surface area contributed by atoms with Gasteiger partial charge in [-0.25, -0.2) is 0 Å². The first-order valence-electron chi connectivity index (χ1n) is 6.59. The molecular weight excluding hydrogens is 194 g/mol. The Bertz CT molecular complexity index is 302. The second-order valence-corrected chi connectivity index (χ2v) is 5.11. The topological polar surface area (TPSA) is 12.0 Å². The van der Waals surface area contributed by atoms with Crippen molar-refractivity contribution in [3.8, 4) is 0 Å². The Hall–Kier alpha value is -0.820. The molecule has 0 spiro atoms. The molecule has 0 amide bonds. The standard InChI is InChI=1S/C15H23N/c1-3-12(2)16-15(14-9-10-14)11-13-7-5-4-6-8-13/h4-8,12,14-16H,3,9-11H2,1-2H3. The van der Waals surface area contributed by atoms with Crippen LogP contribution in [0.15, 0.2) is 30.3 Å². The van der Waals surface area contributed by atoms with Crippen molar-refractivity contribution in [2.45, 2.75) is 51.6 Å². The molecular formula is C15H23N. The Morgan fingerprint density at radius 2 is 1.94 bits per heavy atom. The molecule has 2 rings (SSSR count). The average molecular weight is 217 g/mol. The van der Waals surface area contributed by atoms with Crippen LogP contribution in [0.25, 0.3) is 0 Å². The Labute approximate surface area is 99.3 Å². The van der Waals surface area contributed by atoms with Gasteiger partial charge in [-0.05, 0) is 44.1 Å². The van der Waals surface area contributed by atoms with Crippen molar-refractivity contribution in [1.29, 1.82) is 0 Å². The normalized spacial score (nSPS) is 19.4. The number of nitrogens with one attached hydrogen (secondary N) is 1. The summed E-state index contributed by atoms with van der Waals surface area (Å²) in [6.45, 7) is 4.55. The summed E-state index contributed by atoms with van der Waals surface area (Å²) in [5.41, 5.74) is 1.47. The Balaban J connectivity index is 1.92. The second kappa shape index (κ2) is 5.49. The van der Waals surface area contributed by atoms with E-state index in [0.29, 0.717) is 12.1 Å². The van der Waals surface area contributed by atoms with E-state index in [4.69, 9.17) is 0 Å². The van der Waals surface area contributed by atoms with Gasteiger partial charge >= 0.3 is 0 Å². The van der Waals surface area contributed by atoms with Crippen LogP contribution in [0.4, 0.5) is 0 Å². The van der Waals surface area contributed by atoms with Gasteiger partial charge in [0.05, 0.1) is 0 Å². The summed E-state index contributed by atoms with van der Waals surface area (Å²) in [4.78, 5) is 0. The fourth-order valence-electron chi connectivity index (χ4n) is 2.21. The quantitative estimate of drug-likeness (QED) is 0.770. The number of hydrogen-bond acceptors (Lipinski definition) is 1. The zero-order chi connectivity index (χ0) is 11.4. The minimum Gasteiger partial charge on any atom is -0.311 e. The number of benzene rings is 1. The molecule has 2 unspecified atom stereocenters. The SMILES string of the molecule is CCC(C)NC(Cc1ccccc1)C1CC1. The minimum absolute atomic E-state index is 0.648. The van der Waals surface area contributed by atoms with Crippen LogP contribution in [0, 0.1) is 5.92 Å². The molecule has 2 atom stereocenters. The predicted molar refractivity (Wildman–Crippen MR) is 69.5 cm³/mol. The first kappa shape index (κ1) is 11.7. The second-order valence-electron chi connectivity index (χ2n) is 5.11. The van der Waals surface area contributed by atoms with Crippen LogP contribution in [-0.2, 0) is 6.42 Å². The highest BCUT2D eigenvalue weighted by Gasteiger charge is 2.31. The monoisotopic (exact) mass is 217 g/mol. The fourth-order valence-corrected chi connectivity index (χ4v) is 2.21. The van der Waals surface area contributed by atoms with Gasteiger partial charge in [0.1, 0.15) is 0 Å². The maximum atomic E-state index is 3.78. The molecule has 0 radical (unpaired) electrons. The van der Waals surface area contributed by atoms with Crippen LogP contribution in [-0.4, -0.2) is 12.1 Å². The van der Waals surface area contributed by atoms with Crippen molar-refractivity contribution >= 4 is 0 Å². The van der Waals surface area contributed by atoms with Crippen LogP contribution in [0.2, 0.25) is 0 Å². The molecule has 1 heteroatoms. The molecule has 1 aromatic rings. The summed E-state index contributed by atoms with van der Waals surface area (Å²) in [6, 6.07) is 12.2. The third kappa shape index (κ3) is 3.34. The zero-order valence-corrected chi connectivity index (χ0v) is 10.4. The molecule has 0 aliphatic heterocycles. The van der Waals surface area contributed by atoms with E-state index in [9.17, 15) is 0 Å². The molecule has 1 aliphatic rings. The van der Waals surface area contributed by atoms with Crippen LogP contribution in [0.3, 0.4) is 0 Å². The maximum Gasteiger partial charge on any atom is 0.0138 e. The van der Waals surface area contributed by atoms with Gasteiger partial charge in [0.25, 0.3) is 0 Å². The molecule has 1 aliphatic carbocycles. The molecule has 1 N–H and O–H groups in total. The number of hydrogen-bond donors (Lipinski definition) is 1. The van der Waals surface area contributed by atoms with Gasteiger partial charge in [-0.15, -0.1) is 0 Å². The van der Waals surface area contributed by atoms with E-state index < -0.39 is 0 Å². The Morgan fingerprint density at radius 1 is 1.25 bits per heavy atom. The highest BCUT2D eigenvalue weighted by atomic mass is 15.0. The molecule has 1 aromatic carbocycles.